The smallest absolute Gasteiger partial charge is 0.337 e. The maximum absolute atomic E-state index is 13.5. The second-order valence-electron chi connectivity index (χ2n) is 8.01. The number of fused-ring (bicyclic) bond motifs is 1. The fraction of sp³-hybridized carbons (Fsp3) is 0.391. The number of ether oxygens (including phenoxy) is 1. The van der Waals surface area contributed by atoms with Crippen LogP contribution in [0.25, 0.3) is 16.7 Å². The number of benzene rings is 1. The number of hydrogen-bond donors (Lipinski definition) is 1. The summed E-state index contributed by atoms with van der Waals surface area (Å²) >= 11 is 0. The van der Waals surface area contributed by atoms with Gasteiger partial charge >= 0.3 is 5.69 Å². The normalized spacial score (nSPS) is 14.2. The molecule has 0 bridgehead atoms. The molecule has 1 aliphatic carbocycles. The van der Waals surface area contributed by atoms with Crippen LogP contribution in [0.2, 0.25) is 0 Å². The Labute approximate surface area is 179 Å². The van der Waals surface area contributed by atoms with E-state index in [4.69, 9.17) is 4.74 Å². The number of para-hydroxylation sites is 2. The second-order valence-corrected chi connectivity index (χ2v) is 8.01. The van der Waals surface area contributed by atoms with Gasteiger partial charge in [0.15, 0.2) is 5.65 Å². The quantitative estimate of drug-likeness (QED) is 0.680. The summed E-state index contributed by atoms with van der Waals surface area (Å²) in [5.41, 5.74) is 0.955. The Balaban J connectivity index is 1.94. The number of methoxy groups -OCH3 is 1. The molecule has 2 heterocycles. The first kappa shape index (κ1) is 20.8. The van der Waals surface area contributed by atoms with Gasteiger partial charge in [0.2, 0.25) is 5.91 Å². The third-order valence-electron chi connectivity index (χ3n) is 5.77. The number of nitrogens with zero attached hydrogens (tertiary/aromatic N) is 3. The number of hydrogen-bond acceptors (Lipinski definition) is 5. The molecular weight excluding hydrogens is 396 g/mol. The van der Waals surface area contributed by atoms with Crippen molar-refractivity contribution in [1.82, 2.24) is 19.4 Å². The van der Waals surface area contributed by atoms with Gasteiger partial charge in [-0.2, -0.15) is 0 Å². The Morgan fingerprint density at radius 1 is 1.19 bits per heavy atom. The van der Waals surface area contributed by atoms with E-state index in [0.29, 0.717) is 28.1 Å². The minimum absolute atomic E-state index is 0.103. The summed E-state index contributed by atoms with van der Waals surface area (Å²) in [6.45, 7) is 3.27. The van der Waals surface area contributed by atoms with Crippen molar-refractivity contribution >= 4 is 16.9 Å². The Morgan fingerprint density at radius 3 is 2.61 bits per heavy atom. The van der Waals surface area contributed by atoms with E-state index < -0.39 is 11.2 Å². The molecule has 1 N–H and O–H groups in total. The van der Waals surface area contributed by atoms with E-state index in [9.17, 15) is 14.4 Å². The highest BCUT2D eigenvalue weighted by molar-refractivity contribution is 5.81. The predicted octanol–water partition coefficient (Wildman–Crippen LogP) is 2.23. The zero-order valence-corrected chi connectivity index (χ0v) is 18.0. The summed E-state index contributed by atoms with van der Waals surface area (Å²) < 4.78 is 7.80. The molecule has 1 aliphatic rings. The Bertz CT molecular complexity index is 1270. The molecule has 0 atom stereocenters. The van der Waals surface area contributed by atoms with Gasteiger partial charge in [0, 0.05) is 11.7 Å². The lowest BCUT2D eigenvalue weighted by molar-refractivity contribution is -0.122. The highest BCUT2D eigenvalue weighted by Crippen LogP contribution is 2.24. The molecule has 162 valence electrons. The van der Waals surface area contributed by atoms with Crippen LogP contribution >= 0.6 is 0 Å². The van der Waals surface area contributed by atoms with E-state index in [2.05, 4.69) is 10.3 Å². The lowest BCUT2D eigenvalue weighted by atomic mass is 10.1. The van der Waals surface area contributed by atoms with Crippen LogP contribution in [0.5, 0.6) is 5.75 Å². The molecule has 1 fully saturated rings. The van der Waals surface area contributed by atoms with Crippen LogP contribution in [-0.2, 0) is 11.3 Å². The van der Waals surface area contributed by atoms with Crippen LogP contribution in [0, 0.1) is 13.8 Å². The SMILES string of the molecule is COc1ccccc1-n1c(=O)n(CC(=O)NC2CCCC2)c(=O)c2c(C)cc(C)nc21. The Kier molecular flexibility index (Phi) is 5.63. The topological polar surface area (TPSA) is 95.2 Å². The van der Waals surface area contributed by atoms with Crippen LogP contribution in [0.4, 0.5) is 0 Å². The fourth-order valence-corrected chi connectivity index (χ4v) is 4.33. The zero-order valence-electron chi connectivity index (χ0n) is 18.0. The third-order valence-corrected chi connectivity index (χ3v) is 5.77. The minimum atomic E-state index is -0.624. The molecule has 4 rings (SSSR count). The number of aromatic nitrogens is 3. The maximum atomic E-state index is 13.5. The van der Waals surface area contributed by atoms with Crippen molar-refractivity contribution in [3.63, 3.8) is 0 Å². The fourth-order valence-electron chi connectivity index (χ4n) is 4.33. The number of rotatable bonds is 5. The van der Waals surface area contributed by atoms with E-state index in [1.54, 1.807) is 37.3 Å². The van der Waals surface area contributed by atoms with Crippen molar-refractivity contribution < 1.29 is 9.53 Å². The van der Waals surface area contributed by atoms with Gasteiger partial charge in [-0.1, -0.05) is 25.0 Å². The minimum Gasteiger partial charge on any atom is -0.495 e. The number of pyridine rings is 1. The number of carbonyl (C=O) groups is 1. The number of nitrogens with one attached hydrogen (secondary N) is 1. The van der Waals surface area contributed by atoms with Gasteiger partial charge in [0.05, 0.1) is 18.2 Å². The molecule has 0 unspecified atom stereocenters. The predicted molar refractivity (Wildman–Crippen MR) is 118 cm³/mol. The maximum Gasteiger partial charge on any atom is 0.337 e. The monoisotopic (exact) mass is 422 g/mol. The van der Waals surface area contributed by atoms with Gasteiger partial charge in [0.25, 0.3) is 5.56 Å². The van der Waals surface area contributed by atoms with Gasteiger partial charge in [0.1, 0.15) is 12.3 Å². The van der Waals surface area contributed by atoms with Gasteiger partial charge in [-0.3, -0.25) is 9.59 Å². The van der Waals surface area contributed by atoms with E-state index in [1.165, 1.54) is 11.7 Å². The molecule has 1 saturated carbocycles. The van der Waals surface area contributed by atoms with Crippen LogP contribution in [0.1, 0.15) is 36.9 Å². The highest BCUT2D eigenvalue weighted by atomic mass is 16.5. The van der Waals surface area contributed by atoms with Crippen molar-refractivity contribution in [2.24, 2.45) is 0 Å². The highest BCUT2D eigenvalue weighted by Gasteiger charge is 2.22. The lowest BCUT2D eigenvalue weighted by Crippen LogP contribution is -2.45. The van der Waals surface area contributed by atoms with Crippen LogP contribution in [0.15, 0.2) is 39.9 Å². The molecule has 0 radical (unpaired) electrons. The first-order valence-corrected chi connectivity index (χ1v) is 10.5. The lowest BCUT2D eigenvalue weighted by Gasteiger charge is -2.17. The van der Waals surface area contributed by atoms with Gasteiger partial charge in [-0.15, -0.1) is 0 Å². The van der Waals surface area contributed by atoms with Crippen molar-refractivity contribution in [2.45, 2.75) is 52.1 Å². The molecule has 8 heteroatoms. The van der Waals surface area contributed by atoms with E-state index in [0.717, 1.165) is 30.3 Å². The standard InChI is InChI=1S/C23H26N4O4/c1-14-12-15(2)24-21-20(14)22(29)26(13-19(28)25-16-8-4-5-9-16)23(30)27(21)17-10-6-7-11-18(17)31-3/h6-7,10-12,16H,4-5,8-9,13H2,1-3H3,(H,25,28). The molecule has 2 aromatic heterocycles. The molecule has 0 spiro atoms. The summed E-state index contributed by atoms with van der Waals surface area (Å²) in [6, 6.07) is 8.94. The van der Waals surface area contributed by atoms with Crippen molar-refractivity contribution in [3.8, 4) is 11.4 Å². The average Bonchev–Trinajstić information content (AvgIpc) is 3.24. The third kappa shape index (κ3) is 3.85. The molecule has 3 aromatic rings. The largest absolute Gasteiger partial charge is 0.495 e. The first-order valence-electron chi connectivity index (χ1n) is 10.5. The number of carbonyl (C=O) groups excluding carboxylic acids is 1. The van der Waals surface area contributed by atoms with Crippen LogP contribution in [-0.4, -0.2) is 33.2 Å². The van der Waals surface area contributed by atoms with Crippen molar-refractivity contribution in [3.05, 3.63) is 62.4 Å². The van der Waals surface area contributed by atoms with Crippen molar-refractivity contribution in [1.29, 1.82) is 0 Å². The second kappa shape index (κ2) is 8.37. The van der Waals surface area contributed by atoms with Gasteiger partial charge in [-0.05, 0) is 50.5 Å². The average molecular weight is 422 g/mol. The number of aryl methyl sites for hydroxylation is 2. The molecule has 0 aliphatic heterocycles. The molecule has 1 amide bonds. The summed E-state index contributed by atoms with van der Waals surface area (Å²) in [4.78, 5) is 44.0. The first-order chi connectivity index (χ1) is 14.9. The van der Waals surface area contributed by atoms with E-state index in [-0.39, 0.29) is 24.1 Å². The molecule has 1 aromatic carbocycles. The van der Waals surface area contributed by atoms with Crippen molar-refractivity contribution in [2.75, 3.05) is 7.11 Å². The van der Waals surface area contributed by atoms with Crippen LogP contribution < -0.4 is 21.3 Å². The molecular formula is C23H26N4O4. The number of amides is 1. The molecule has 31 heavy (non-hydrogen) atoms. The van der Waals surface area contributed by atoms with Gasteiger partial charge in [-0.25, -0.2) is 18.9 Å². The zero-order chi connectivity index (χ0) is 22.1. The Morgan fingerprint density at radius 2 is 1.90 bits per heavy atom. The summed E-state index contributed by atoms with van der Waals surface area (Å²) in [6.07, 6.45) is 4.00. The van der Waals surface area contributed by atoms with E-state index in [1.807, 2.05) is 6.92 Å². The molecule has 0 saturated heterocycles. The summed E-state index contributed by atoms with van der Waals surface area (Å²) in [7, 11) is 1.51. The molecule has 8 nitrogen and oxygen atoms in total. The Hall–Kier alpha value is -3.42. The van der Waals surface area contributed by atoms with Gasteiger partial charge < -0.3 is 10.1 Å². The summed E-state index contributed by atoms with van der Waals surface area (Å²) in [5, 5.41) is 3.26. The van der Waals surface area contributed by atoms with E-state index >= 15 is 0 Å². The van der Waals surface area contributed by atoms with Crippen LogP contribution in [0.3, 0.4) is 0 Å². The summed E-state index contributed by atoms with van der Waals surface area (Å²) in [5.74, 6) is 0.127.